The fourth-order valence-corrected chi connectivity index (χ4v) is 1.48. The van der Waals surface area contributed by atoms with Crippen LogP contribution in [0.4, 0.5) is 0 Å². The summed E-state index contributed by atoms with van der Waals surface area (Å²) in [5.74, 6) is 0. The average molecular weight is 200 g/mol. The van der Waals surface area contributed by atoms with Crippen LogP contribution >= 0.6 is 0 Å². The first-order chi connectivity index (χ1) is 7.17. The fraction of sp³-hybridized carbons (Fsp3) is 0.333. The molecule has 2 aromatic rings. The van der Waals surface area contributed by atoms with Crippen molar-refractivity contribution in [3.05, 3.63) is 47.5 Å². The minimum absolute atomic E-state index is 1.25. The second-order valence-corrected chi connectivity index (χ2v) is 4.06. The SMILES string of the molecule is CCC.Cc1ccc2cc(C)ccc2c1. The highest BCUT2D eigenvalue weighted by Gasteiger charge is 1.92. The standard InChI is InChI=1S/C12H12.C3H8/c1-9-3-5-12-8-10(2)4-6-11(12)7-9;1-3-2/h3-8H,1-2H3;3H2,1-2H3. The highest BCUT2D eigenvalue weighted by Crippen LogP contribution is 2.16. The summed E-state index contributed by atoms with van der Waals surface area (Å²) in [6, 6.07) is 13.1. The Labute approximate surface area is 92.9 Å². The van der Waals surface area contributed by atoms with Gasteiger partial charge in [0.05, 0.1) is 0 Å². The third-order valence-corrected chi connectivity index (χ3v) is 2.15. The topological polar surface area (TPSA) is 0 Å². The highest BCUT2D eigenvalue weighted by molar-refractivity contribution is 5.83. The Balaban J connectivity index is 0.000000337. The first-order valence-corrected chi connectivity index (χ1v) is 5.64. The van der Waals surface area contributed by atoms with E-state index in [-0.39, 0.29) is 0 Å². The van der Waals surface area contributed by atoms with Crippen molar-refractivity contribution in [2.45, 2.75) is 34.1 Å². The lowest BCUT2D eigenvalue weighted by Crippen LogP contribution is -1.76. The third kappa shape index (κ3) is 3.39. The molecule has 0 spiro atoms. The monoisotopic (exact) mass is 200 g/mol. The summed E-state index contributed by atoms with van der Waals surface area (Å²) in [5.41, 5.74) is 2.65. The molecule has 0 atom stereocenters. The summed E-state index contributed by atoms with van der Waals surface area (Å²) in [6.45, 7) is 8.50. The molecule has 15 heavy (non-hydrogen) atoms. The molecule has 0 heterocycles. The summed E-state index contributed by atoms with van der Waals surface area (Å²) < 4.78 is 0. The number of hydrogen-bond donors (Lipinski definition) is 0. The van der Waals surface area contributed by atoms with Gasteiger partial charge in [-0.2, -0.15) is 0 Å². The molecular formula is C15H20. The molecule has 0 radical (unpaired) electrons. The molecule has 0 saturated carbocycles. The van der Waals surface area contributed by atoms with E-state index in [4.69, 9.17) is 0 Å². The van der Waals surface area contributed by atoms with E-state index in [9.17, 15) is 0 Å². The molecule has 2 aromatic carbocycles. The molecule has 0 aromatic heterocycles. The maximum Gasteiger partial charge on any atom is -0.0181 e. The molecule has 0 unspecified atom stereocenters. The Morgan fingerprint density at radius 2 is 1.07 bits per heavy atom. The smallest absolute Gasteiger partial charge is 0.0181 e. The lowest BCUT2D eigenvalue weighted by molar-refractivity contribution is 1.09. The number of hydrogen-bond acceptors (Lipinski definition) is 0. The van der Waals surface area contributed by atoms with Crippen LogP contribution in [0.25, 0.3) is 10.8 Å². The summed E-state index contributed by atoms with van der Waals surface area (Å²) in [5, 5.41) is 2.67. The van der Waals surface area contributed by atoms with Crippen molar-refractivity contribution in [3.63, 3.8) is 0 Å². The quantitative estimate of drug-likeness (QED) is 0.569. The van der Waals surface area contributed by atoms with Gasteiger partial charge in [-0.25, -0.2) is 0 Å². The maximum atomic E-state index is 2.22. The van der Waals surface area contributed by atoms with Crippen LogP contribution in [-0.2, 0) is 0 Å². The molecule has 0 fully saturated rings. The minimum Gasteiger partial charge on any atom is -0.0656 e. The molecule has 0 N–H and O–H groups in total. The maximum absolute atomic E-state index is 2.22. The second-order valence-electron chi connectivity index (χ2n) is 4.06. The van der Waals surface area contributed by atoms with Crippen LogP contribution in [0.2, 0.25) is 0 Å². The molecule has 0 nitrogen and oxygen atoms in total. The first-order valence-electron chi connectivity index (χ1n) is 5.64. The van der Waals surface area contributed by atoms with E-state index >= 15 is 0 Å². The summed E-state index contributed by atoms with van der Waals surface area (Å²) in [6.07, 6.45) is 1.25. The molecule has 80 valence electrons. The zero-order chi connectivity index (χ0) is 11.3. The van der Waals surface area contributed by atoms with Gasteiger partial charge in [-0.05, 0) is 24.6 Å². The molecule has 0 heteroatoms. The van der Waals surface area contributed by atoms with Gasteiger partial charge < -0.3 is 0 Å². The van der Waals surface area contributed by atoms with Crippen molar-refractivity contribution >= 4 is 10.8 Å². The van der Waals surface area contributed by atoms with Crippen LogP contribution in [0.3, 0.4) is 0 Å². The van der Waals surface area contributed by atoms with Crippen LogP contribution < -0.4 is 0 Å². The van der Waals surface area contributed by atoms with Crippen LogP contribution in [0.15, 0.2) is 36.4 Å². The Morgan fingerprint density at radius 3 is 1.40 bits per heavy atom. The van der Waals surface area contributed by atoms with E-state index in [0.717, 1.165) is 0 Å². The van der Waals surface area contributed by atoms with Crippen LogP contribution in [0, 0.1) is 13.8 Å². The zero-order valence-corrected chi connectivity index (χ0v) is 10.2. The van der Waals surface area contributed by atoms with Crippen molar-refractivity contribution in [3.8, 4) is 0 Å². The van der Waals surface area contributed by atoms with Crippen LogP contribution in [0.1, 0.15) is 31.4 Å². The Hall–Kier alpha value is -1.30. The fourth-order valence-electron chi connectivity index (χ4n) is 1.48. The van der Waals surface area contributed by atoms with E-state index < -0.39 is 0 Å². The van der Waals surface area contributed by atoms with Crippen LogP contribution in [-0.4, -0.2) is 0 Å². The first kappa shape index (κ1) is 11.8. The van der Waals surface area contributed by atoms with E-state index in [1.807, 2.05) is 0 Å². The van der Waals surface area contributed by atoms with Gasteiger partial charge in [-0.15, -0.1) is 0 Å². The van der Waals surface area contributed by atoms with Gasteiger partial charge in [-0.1, -0.05) is 67.8 Å². The largest absolute Gasteiger partial charge is 0.0656 e. The van der Waals surface area contributed by atoms with Gasteiger partial charge >= 0.3 is 0 Å². The summed E-state index contributed by atoms with van der Waals surface area (Å²) in [7, 11) is 0. The van der Waals surface area contributed by atoms with E-state index in [2.05, 4.69) is 64.1 Å². The van der Waals surface area contributed by atoms with Crippen LogP contribution in [0.5, 0.6) is 0 Å². The molecule has 0 bridgehead atoms. The molecular weight excluding hydrogens is 180 g/mol. The van der Waals surface area contributed by atoms with Crippen molar-refractivity contribution < 1.29 is 0 Å². The predicted molar refractivity (Wildman–Crippen MR) is 69.4 cm³/mol. The van der Waals surface area contributed by atoms with Gasteiger partial charge in [0.1, 0.15) is 0 Å². The van der Waals surface area contributed by atoms with Gasteiger partial charge in [0.25, 0.3) is 0 Å². The summed E-state index contributed by atoms with van der Waals surface area (Å²) >= 11 is 0. The number of aryl methyl sites for hydroxylation is 2. The van der Waals surface area contributed by atoms with Gasteiger partial charge in [-0.3, -0.25) is 0 Å². The normalized spacial score (nSPS) is 9.60. The average Bonchev–Trinajstić information content (AvgIpc) is 2.20. The molecule has 0 amide bonds. The lowest BCUT2D eigenvalue weighted by Gasteiger charge is -1.99. The highest BCUT2D eigenvalue weighted by atomic mass is 14.0. The molecule has 0 aliphatic heterocycles. The van der Waals surface area contributed by atoms with Gasteiger partial charge in [0.2, 0.25) is 0 Å². The van der Waals surface area contributed by atoms with Crippen molar-refractivity contribution in [1.29, 1.82) is 0 Å². The van der Waals surface area contributed by atoms with Gasteiger partial charge in [0, 0.05) is 0 Å². The minimum atomic E-state index is 1.25. The van der Waals surface area contributed by atoms with Crippen molar-refractivity contribution in [2.75, 3.05) is 0 Å². The third-order valence-electron chi connectivity index (χ3n) is 2.15. The van der Waals surface area contributed by atoms with E-state index in [1.165, 1.54) is 28.3 Å². The second kappa shape index (κ2) is 5.55. The molecule has 0 aliphatic rings. The Morgan fingerprint density at radius 1 is 0.733 bits per heavy atom. The van der Waals surface area contributed by atoms with E-state index in [0.29, 0.717) is 0 Å². The Bertz CT molecular complexity index is 386. The Kier molecular flexibility index (Phi) is 4.36. The predicted octanol–water partition coefficient (Wildman–Crippen LogP) is 4.87. The molecule has 2 rings (SSSR count). The van der Waals surface area contributed by atoms with Crippen molar-refractivity contribution in [2.24, 2.45) is 0 Å². The van der Waals surface area contributed by atoms with Gasteiger partial charge in [0.15, 0.2) is 0 Å². The van der Waals surface area contributed by atoms with E-state index in [1.54, 1.807) is 0 Å². The zero-order valence-electron chi connectivity index (χ0n) is 10.2. The number of fused-ring (bicyclic) bond motifs is 1. The molecule has 0 saturated heterocycles. The van der Waals surface area contributed by atoms with Crippen molar-refractivity contribution in [1.82, 2.24) is 0 Å². The number of benzene rings is 2. The summed E-state index contributed by atoms with van der Waals surface area (Å²) in [4.78, 5) is 0. The molecule has 0 aliphatic carbocycles. The number of rotatable bonds is 0. The lowest BCUT2D eigenvalue weighted by atomic mass is 10.1.